The van der Waals surface area contributed by atoms with Gasteiger partial charge < -0.3 is 20.1 Å². The van der Waals surface area contributed by atoms with Crippen LogP contribution >= 0.6 is 23.7 Å². The van der Waals surface area contributed by atoms with Crippen molar-refractivity contribution < 1.29 is 27.1 Å². The molecule has 4 rings (SSSR count). The molecule has 0 saturated heterocycles. The first kappa shape index (κ1) is 32.1. The van der Waals surface area contributed by atoms with Gasteiger partial charge >= 0.3 is 6.18 Å². The maximum Gasteiger partial charge on any atom is 0.425 e. The maximum absolute atomic E-state index is 14.7. The van der Waals surface area contributed by atoms with Crippen LogP contribution in [-0.2, 0) is 13.2 Å². The van der Waals surface area contributed by atoms with Crippen LogP contribution in [0, 0.1) is 12.7 Å². The minimum atomic E-state index is -5.21. The van der Waals surface area contributed by atoms with Gasteiger partial charge in [-0.1, -0.05) is 37.6 Å². The summed E-state index contributed by atoms with van der Waals surface area (Å²) in [5.41, 5.74) is -3.11. The molecule has 0 radical (unpaired) electrons. The quantitative estimate of drug-likeness (QED) is 0.150. The Hall–Kier alpha value is -3.42. The SMILES string of the molecule is CC.CNSNc1cccc(Oc2c(C(=O)NC3CC3)c(Nc3ccc(C)cc3F)n(C)c(=O)c2C(F)(F)F)c1Cl. The molecule has 0 atom stereocenters. The average Bonchev–Trinajstić information content (AvgIpc) is 3.73. The van der Waals surface area contributed by atoms with Crippen molar-refractivity contribution in [3.63, 3.8) is 0 Å². The Kier molecular flexibility index (Phi) is 10.6. The van der Waals surface area contributed by atoms with E-state index < -0.39 is 40.3 Å². The zero-order valence-electron chi connectivity index (χ0n) is 22.9. The Balaban J connectivity index is 0.00000226. The van der Waals surface area contributed by atoms with Crippen LogP contribution in [0.5, 0.6) is 11.5 Å². The number of aromatic nitrogens is 1. The van der Waals surface area contributed by atoms with Crippen LogP contribution in [0.2, 0.25) is 5.02 Å². The van der Waals surface area contributed by atoms with Gasteiger partial charge in [0.05, 0.1) is 11.4 Å². The van der Waals surface area contributed by atoms with E-state index >= 15 is 0 Å². The first-order chi connectivity index (χ1) is 19.4. The molecule has 4 N–H and O–H groups in total. The third kappa shape index (κ3) is 7.46. The fourth-order valence-corrected chi connectivity index (χ4v) is 4.34. The van der Waals surface area contributed by atoms with Gasteiger partial charge in [-0.2, -0.15) is 13.2 Å². The van der Waals surface area contributed by atoms with Gasteiger partial charge in [0.15, 0.2) is 11.3 Å². The van der Waals surface area contributed by atoms with E-state index in [-0.39, 0.29) is 28.3 Å². The van der Waals surface area contributed by atoms with Crippen molar-refractivity contribution in [2.24, 2.45) is 7.05 Å². The van der Waals surface area contributed by atoms with Crippen molar-refractivity contribution in [2.75, 3.05) is 17.1 Å². The Bertz CT molecular complexity index is 1480. The van der Waals surface area contributed by atoms with Crippen molar-refractivity contribution in [3.8, 4) is 11.5 Å². The Morgan fingerprint density at radius 1 is 1.15 bits per heavy atom. The van der Waals surface area contributed by atoms with E-state index in [4.69, 9.17) is 16.3 Å². The lowest BCUT2D eigenvalue weighted by Gasteiger charge is -2.23. The summed E-state index contributed by atoms with van der Waals surface area (Å²) in [6, 6.07) is 8.19. The molecule has 0 spiro atoms. The molecule has 1 saturated carbocycles. The zero-order chi connectivity index (χ0) is 30.5. The van der Waals surface area contributed by atoms with Crippen molar-refractivity contribution in [2.45, 2.75) is 45.8 Å². The molecule has 1 aliphatic carbocycles. The van der Waals surface area contributed by atoms with E-state index in [1.165, 1.54) is 24.3 Å². The molecule has 1 amide bonds. The summed E-state index contributed by atoms with van der Waals surface area (Å²) in [6.07, 6.45) is -3.94. The second-order valence-electron chi connectivity index (χ2n) is 8.77. The summed E-state index contributed by atoms with van der Waals surface area (Å²) in [5.74, 6) is -3.36. The van der Waals surface area contributed by atoms with E-state index in [2.05, 4.69) is 20.1 Å². The molecule has 41 heavy (non-hydrogen) atoms. The van der Waals surface area contributed by atoms with Crippen molar-refractivity contribution in [1.82, 2.24) is 14.6 Å². The third-order valence-corrected chi connectivity index (χ3v) is 6.70. The van der Waals surface area contributed by atoms with Gasteiger partial charge in [-0.3, -0.25) is 14.2 Å². The molecule has 2 aromatic carbocycles. The topological polar surface area (TPSA) is 96.4 Å². The van der Waals surface area contributed by atoms with Crippen molar-refractivity contribution in [3.05, 3.63) is 74.3 Å². The highest BCUT2D eigenvalue weighted by Gasteiger charge is 2.43. The highest BCUT2D eigenvalue weighted by atomic mass is 35.5. The number of carbonyl (C=O) groups is 1. The highest BCUT2D eigenvalue weighted by molar-refractivity contribution is 7.98. The molecule has 0 bridgehead atoms. The van der Waals surface area contributed by atoms with Crippen LogP contribution in [0.1, 0.15) is 48.2 Å². The molecular formula is C27H30ClF4N5O3S. The molecule has 0 unspecified atom stereocenters. The molecule has 1 heterocycles. The van der Waals surface area contributed by atoms with Crippen molar-refractivity contribution >= 4 is 46.8 Å². The number of pyridine rings is 1. The fourth-order valence-electron chi connectivity index (χ4n) is 3.69. The average molecular weight is 616 g/mol. The number of ether oxygens (including phenoxy) is 1. The van der Waals surface area contributed by atoms with Gasteiger partial charge in [-0.05, 0) is 56.6 Å². The molecule has 14 heteroatoms. The molecule has 1 aromatic heterocycles. The van der Waals surface area contributed by atoms with E-state index in [1.807, 2.05) is 13.8 Å². The van der Waals surface area contributed by atoms with E-state index in [0.717, 1.165) is 19.2 Å². The number of nitrogens with zero attached hydrogens (tertiary/aromatic N) is 1. The number of amides is 1. The van der Waals surface area contributed by atoms with Crippen LogP contribution in [0.3, 0.4) is 0 Å². The number of anilines is 3. The minimum absolute atomic E-state index is 0.0957. The number of alkyl halides is 3. The Morgan fingerprint density at radius 3 is 2.41 bits per heavy atom. The first-order valence-corrected chi connectivity index (χ1v) is 13.8. The van der Waals surface area contributed by atoms with Gasteiger partial charge in [0.25, 0.3) is 11.5 Å². The van der Waals surface area contributed by atoms with Crippen LogP contribution in [0.25, 0.3) is 0 Å². The summed E-state index contributed by atoms with van der Waals surface area (Å²) < 4.78 is 69.7. The molecule has 8 nitrogen and oxygen atoms in total. The van der Waals surface area contributed by atoms with Crippen LogP contribution in [0.15, 0.2) is 41.2 Å². The van der Waals surface area contributed by atoms with Gasteiger partial charge in [-0.15, -0.1) is 0 Å². The summed E-state index contributed by atoms with van der Waals surface area (Å²) in [4.78, 5) is 26.5. The summed E-state index contributed by atoms with van der Waals surface area (Å²) in [7, 11) is 2.69. The minimum Gasteiger partial charge on any atom is -0.454 e. The molecule has 1 fully saturated rings. The largest absolute Gasteiger partial charge is 0.454 e. The number of halogens is 5. The molecule has 1 aliphatic rings. The fraction of sp³-hybridized carbons (Fsp3) is 0.333. The van der Waals surface area contributed by atoms with Crippen LogP contribution in [0.4, 0.5) is 34.8 Å². The maximum atomic E-state index is 14.7. The zero-order valence-corrected chi connectivity index (χ0v) is 24.5. The lowest BCUT2D eigenvalue weighted by Crippen LogP contribution is -2.34. The number of carbonyl (C=O) groups excluding carboxylic acids is 1. The van der Waals surface area contributed by atoms with Crippen LogP contribution < -0.4 is 30.4 Å². The van der Waals surface area contributed by atoms with E-state index in [9.17, 15) is 27.2 Å². The summed E-state index contributed by atoms with van der Waals surface area (Å²) in [5, 5.41) is 5.17. The standard InChI is InChI=1S/C25H24ClF4N5O3S.C2H6/c1-12-7-10-15(14(27)11-12)33-22-18(23(36)32-13-8-9-13)21(19(25(28,29)30)24(37)35(22)3)38-17-6-4-5-16(20(17)26)34-39-31-2;1-2/h4-7,10-11,13,31,33-34H,8-9H2,1-3H3,(H,32,36);1-2H3. The summed E-state index contributed by atoms with van der Waals surface area (Å²) in [6.45, 7) is 5.66. The monoisotopic (exact) mass is 615 g/mol. The lowest BCUT2D eigenvalue weighted by molar-refractivity contribution is -0.139. The van der Waals surface area contributed by atoms with Gasteiger partial charge in [0, 0.05) is 25.2 Å². The smallest absolute Gasteiger partial charge is 0.425 e. The van der Waals surface area contributed by atoms with Gasteiger partial charge in [0.2, 0.25) is 0 Å². The number of rotatable bonds is 9. The second kappa shape index (κ2) is 13.5. The summed E-state index contributed by atoms with van der Waals surface area (Å²) >= 11 is 7.45. The molecular weight excluding hydrogens is 586 g/mol. The normalized spacial score (nSPS) is 12.7. The lowest BCUT2D eigenvalue weighted by atomic mass is 10.1. The van der Waals surface area contributed by atoms with E-state index in [0.29, 0.717) is 28.7 Å². The van der Waals surface area contributed by atoms with Crippen LogP contribution in [-0.4, -0.2) is 23.6 Å². The third-order valence-electron chi connectivity index (χ3n) is 5.78. The molecule has 222 valence electrons. The number of benzene rings is 2. The van der Waals surface area contributed by atoms with Gasteiger partial charge in [0.1, 0.15) is 28.0 Å². The van der Waals surface area contributed by atoms with E-state index in [1.54, 1.807) is 26.1 Å². The second-order valence-corrected chi connectivity index (χ2v) is 9.97. The molecule has 0 aliphatic heterocycles. The number of aryl methyl sites for hydroxylation is 1. The van der Waals surface area contributed by atoms with Crippen molar-refractivity contribution in [1.29, 1.82) is 0 Å². The predicted octanol–water partition coefficient (Wildman–Crippen LogP) is 7.15. The Labute approximate surface area is 244 Å². The number of nitrogens with one attached hydrogen (secondary N) is 4. The Morgan fingerprint density at radius 2 is 1.83 bits per heavy atom. The number of hydrogen-bond acceptors (Lipinski definition) is 7. The molecule has 3 aromatic rings. The number of hydrogen-bond donors (Lipinski definition) is 4. The van der Waals surface area contributed by atoms with Gasteiger partial charge in [-0.25, -0.2) is 9.11 Å². The predicted molar refractivity (Wildman–Crippen MR) is 155 cm³/mol. The first-order valence-electron chi connectivity index (χ1n) is 12.7. The highest BCUT2D eigenvalue weighted by Crippen LogP contribution is 2.44.